The molecule has 0 radical (unpaired) electrons. The summed E-state index contributed by atoms with van der Waals surface area (Å²) in [6, 6.07) is 6.48. The Hall–Kier alpha value is -1.55. The van der Waals surface area contributed by atoms with Crippen molar-refractivity contribution in [2.24, 2.45) is 7.05 Å². The number of rotatable bonds is 1. The molecule has 90 valence electrons. The van der Waals surface area contributed by atoms with Crippen LogP contribution in [0.1, 0.15) is 5.69 Å². The quantitative estimate of drug-likeness (QED) is 0.801. The number of hydrogen-bond donors (Lipinski definition) is 1. The lowest BCUT2D eigenvalue weighted by Crippen LogP contribution is -2.43. The minimum absolute atomic E-state index is 1.07. The summed E-state index contributed by atoms with van der Waals surface area (Å²) in [7, 11) is 2.01. The molecule has 4 heteroatoms. The number of aromatic nitrogens is 2. The number of piperazine rings is 1. The molecule has 1 aromatic carbocycles. The van der Waals surface area contributed by atoms with Crippen LogP contribution in [-0.4, -0.2) is 36.0 Å². The van der Waals surface area contributed by atoms with Crippen LogP contribution >= 0.6 is 0 Å². The van der Waals surface area contributed by atoms with Crippen molar-refractivity contribution in [3.05, 3.63) is 23.9 Å². The minimum atomic E-state index is 1.07. The third-order valence-corrected chi connectivity index (χ3v) is 3.49. The molecule has 0 bridgehead atoms. The van der Waals surface area contributed by atoms with Crippen molar-refractivity contribution in [1.82, 2.24) is 15.1 Å². The molecule has 0 atom stereocenters. The van der Waals surface area contributed by atoms with Gasteiger partial charge in [0, 0.05) is 44.3 Å². The second-order valence-corrected chi connectivity index (χ2v) is 4.62. The van der Waals surface area contributed by atoms with E-state index in [9.17, 15) is 0 Å². The summed E-state index contributed by atoms with van der Waals surface area (Å²) in [4.78, 5) is 2.45. The van der Waals surface area contributed by atoms with Crippen LogP contribution in [-0.2, 0) is 7.05 Å². The molecule has 1 saturated heterocycles. The lowest BCUT2D eigenvalue weighted by Gasteiger charge is -2.30. The lowest BCUT2D eigenvalue weighted by atomic mass is 10.1. The normalized spacial score (nSPS) is 16.7. The molecule has 0 spiro atoms. The van der Waals surface area contributed by atoms with Gasteiger partial charge in [0.15, 0.2) is 0 Å². The van der Waals surface area contributed by atoms with Gasteiger partial charge in [-0.25, -0.2) is 0 Å². The first-order valence-corrected chi connectivity index (χ1v) is 6.15. The molecule has 0 aliphatic carbocycles. The summed E-state index contributed by atoms with van der Waals surface area (Å²) in [6.45, 7) is 6.38. The molecule has 1 aromatic heterocycles. The van der Waals surface area contributed by atoms with Crippen LogP contribution in [0.3, 0.4) is 0 Å². The third-order valence-electron chi connectivity index (χ3n) is 3.49. The number of aryl methyl sites for hydroxylation is 2. The topological polar surface area (TPSA) is 33.1 Å². The highest BCUT2D eigenvalue weighted by Gasteiger charge is 2.16. The molecule has 0 unspecified atom stereocenters. The Bertz CT molecular complexity index is 538. The number of nitrogens with one attached hydrogen (secondary N) is 1. The smallest absolute Gasteiger partial charge is 0.0702 e. The van der Waals surface area contributed by atoms with Crippen LogP contribution in [0.2, 0.25) is 0 Å². The van der Waals surface area contributed by atoms with E-state index in [4.69, 9.17) is 0 Å². The SMILES string of the molecule is Cc1nn(C)c2cccc(N3CCNCC3)c12. The summed E-state index contributed by atoms with van der Waals surface area (Å²) in [6.07, 6.45) is 0. The fraction of sp³-hybridized carbons (Fsp3) is 0.462. The van der Waals surface area contributed by atoms with Crippen molar-refractivity contribution in [2.45, 2.75) is 6.92 Å². The summed E-state index contributed by atoms with van der Waals surface area (Å²) >= 11 is 0. The first-order chi connectivity index (χ1) is 8.27. The minimum Gasteiger partial charge on any atom is -0.368 e. The van der Waals surface area contributed by atoms with Gasteiger partial charge in [-0.2, -0.15) is 5.10 Å². The molecule has 1 fully saturated rings. The molecule has 1 aliphatic rings. The van der Waals surface area contributed by atoms with E-state index < -0.39 is 0 Å². The first-order valence-electron chi connectivity index (χ1n) is 6.15. The second-order valence-electron chi connectivity index (χ2n) is 4.62. The maximum atomic E-state index is 4.52. The second kappa shape index (κ2) is 4.04. The third kappa shape index (κ3) is 1.69. The average molecular weight is 230 g/mol. The zero-order chi connectivity index (χ0) is 11.8. The van der Waals surface area contributed by atoms with Gasteiger partial charge in [-0.15, -0.1) is 0 Å². The van der Waals surface area contributed by atoms with Crippen LogP contribution in [0.25, 0.3) is 10.9 Å². The number of fused-ring (bicyclic) bond motifs is 1. The Morgan fingerprint density at radius 3 is 2.76 bits per heavy atom. The largest absolute Gasteiger partial charge is 0.368 e. The number of hydrogen-bond acceptors (Lipinski definition) is 3. The molecule has 3 rings (SSSR count). The predicted octanol–water partition coefficient (Wildman–Crippen LogP) is 1.29. The molecule has 2 aromatic rings. The number of nitrogens with zero attached hydrogens (tertiary/aromatic N) is 3. The molecule has 1 aliphatic heterocycles. The Kier molecular flexibility index (Phi) is 2.52. The van der Waals surface area contributed by atoms with E-state index >= 15 is 0 Å². The number of anilines is 1. The standard InChI is InChI=1S/C13H18N4/c1-10-13-11(16(2)15-10)4-3-5-12(13)17-8-6-14-7-9-17/h3-5,14H,6-9H2,1-2H3. The van der Waals surface area contributed by atoms with E-state index in [0.29, 0.717) is 0 Å². The molecule has 4 nitrogen and oxygen atoms in total. The van der Waals surface area contributed by atoms with Gasteiger partial charge in [-0.1, -0.05) is 6.07 Å². The van der Waals surface area contributed by atoms with Gasteiger partial charge in [-0.3, -0.25) is 4.68 Å². The van der Waals surface area contributed by atoms with E-state index in [1.54, 1.807) is 0 Å². The van der Waals surface area contributed by atoms with Gasteiger partial charge in [0.1, 0.15) is 0 Å². The van der Waals surface area contributed by atoms with Crippen LogP contribution in [0, 0.1) is 6.92 Å². The fourth-order valence-electron chi connectivity index (χ4n) is 2.67. The fourth-order valence-corrected chi connectivity index (χ4v) is 2.67. The molecule has 17 heavy (non-hydrogen) atoms. The highest BCUT2D eigenvalue weighted by Crippen LogP contribution is 2.29. The maximum Gasteiger partial charge on any atom is 0.0702 e. The van der Waals surface area contributed by atoms with Crippen LogP contribution in [0.5, 0.6) is 0 Å². The van der Waals surface area contributed by atoms with E-state index in [1.807, 2.05) is 11.7 Å². The highest BCUT2D eigenvalue weighted by molar-refractivity contribution is 5.94. The Labute approximate surface area is 101 Å². The van der Waals surface area contributed by atoms with Crippen LogP contribution < -0.4 is 10.2 Å². The van der Waals surface area contributed by atoms with Crippen LogP contribution in [0.4, 0.5) is 5.69 Å². The van der Waals surface area contributed by atoms with Crippen LogP contribution in [0.15, 0.2) is 18.2 Å². The summed E-state index contributed by atoms with van der Waals surface area (Å²) in [5, 5.41) is 9.21. The van der Waals surface area contributed by atoms with E-state index in [0.717, 1.165) is 31.9 Å². The van der Waals surface area contributed by atoms with Gasteiger partial charge in [0.2, 0.25) is 0 Å². The Morgan fingerprint density at radius 1 is 1.24 bits per heavy atom. The number of benzene rings is 1. The molecular weight excluding hydrogens is 212 g/mol. The van der Waals surface area contributed by atoms with E-state index in [-0.39, 0.29) is 0 Å². The predicted molar refractivity (Wildman–Crippen MR) is 70.5 cm³/mol. The average Bonchev–Trinajstić information content (AvgIpc) is 2.66. The van der Waals surface area contributed by atoms with Gasteiger partial charge in [0.05, 0.1) is 11.2 Å². The molecular formula is C13H18N4. The van der Waals surface area contributed by atoms with Crippen molar-refractivity contribution < 1.29 is 0 Å². The zero-order valence-corrected chi connectivity index (χ0v) is 10.4. The Balaban J connectivity index is 2.15. The molecule has 2 heterocycles. The van der Waals surface area contributed by atoms with Crippen molar-refractivity contribution in [2.75, 3.05) is 31.1 Å². The van der Waals surface area contributed by atoms with Gasteiger partial charge in [-0.05, 0) is 19.1 Å². The first kappa shape index (κ1) is 10.6. The van der Waals surface area contributed by atoms with Crippen molar-refractivity contribution in [1.29, 1.82) is 0 Å². The van der Waals surface area contributed by atoms with Crippen molar-refractivity contribution >= 4 is 16.6 Å². The molecule has 1 N–H and O–H groups in total. The van der Waals surface area contributed by atoms with E-state index in [1.165, 1.54) is 16.6 Å². The van der Waals surface area contributed by atoms with Gasteiger partial charge >= 0.3 is 0 Å². The summed E-state index contributed by atoms with van der Waals surface area (Å²) in [5.74, 6) is 0. The zero-order valence-electron chi connectivity index (χ0n) is 10.4. The summed E-state index contributed by atoms with van der Waals surface area (Å²) in [5.41, 5.74) is 3.67. The highest BCUT2D eigenvalue weighted by atomic mass is 15.3. The molecule has 0 saturated carbocycles. The van der Waals surface area contributed by atoms with E-state index in [2.05, 4.69) is 40.4 Å². The lowest BCUT2D eigenvalue weighted by molar-refractivity contribution is 0.590. The summed E-state index contributed by atoms with van der Waals surface area (Å²) < 4.78 is 1.97. The Morgan fingerprint density at radius 2 is 2.00 bits per heavy atom. The molecule has 0 amide bonds. The maximum absolute atomic E-state index is 4.52. The van der Waals surface area contributed by atoms with Gasteiger partial charge in [0.25, 0.3) is 0 Å². The van der Waals surface area contributed by atoms with Crippen molar-refractivity contribution in [3.8, 4) is 0 Å². The van der Waals surface area contributed by atoms with Gasteiger partial charge < -0.3 is 10.2 Å². The monoisotopic (exact) mass is 230 g/mol. The van der Waals surface area contributed by atoms with Crippen molar-refractivity contribution in [3.63, 3.8) is 0 Å².